The van der Waals surface area contributed by atoms with Gasteiger partial charge in [-0.3, -0.25) is 4.89 Å². The van der Waals surface area contributed by atoms with E-state index in [-0.39, 0.29) is 0 Å². The zero-order valence-corrected chi connectivity index (χ0v) is 3.72. The molecule has 0 spiro atoms. The first-order valence-corrected chi connectivity index (χ1v) is 1.48. The van der Waals surface area contributed by atoms with E-state index in [9.17, 15) is 4.79 Å². The van der Waals surface area contributed by atoms with Crippen molar-refractivity contribution >= 4 is 5.97 Å². The van der Waals surface area contributed by atoms with Gasteiger partial charge in [-0.05, 0) is 0 Å². The molecule has 0 unspecified atom stereocenters. The molecule has 0 aliphatic heterocycles. The molecule has 0 aromatic rings. The number of carbonyl (C=O) groups is 1. The van der Waals surface area contributed by atoms with Gasteiger partial charge in [0.1, 0.15) is 0 Å². The molecule has 6 heavy (non-hydrogen) atoms. The minimum Gasteiger partial charge on any atom is -0.299 e. The highest BCUT2D eigenvalue weighted by atomic mass is 17.2. The number of carbonyl (C=O) groups excluding carboxylic acids is 1. The zero-order valence-electron chi connectivity index (χ0n) is 3.72. The fourth-order valence-corrected chi connectivity index (χ4v) is 0.117. The van der Waals surface area contributed by atoms with Gasteiger partial charge in [0.15, 0.2) is 0 Å². The third-order valence-electron chi connectivity index (χ3n) is 0.201. The SMILES string of the molecule is COOC(C)=O. The van der Waals surface area contributed by atoms with Crippen molar-refractivity contribution in [3.05, 3.63) is 0 Å². The predicted molar refractivity (Wildman–Crippen MR) is 18.8 cm³/mol. The summed E-state index contributed by atoms with van der Waals surface area (Å²) in [6.07, 6.45) is 0. The Balaban J connectivity index is 2.83. The van der Waals surface area contributed by atoms with Crippen molar-refractivity contribution in [2.45, 2.75) is 6.92 Å². The van der Waals surface area contributed by atoms with E-state index in [1.165, 1.54) is 14.0 Å². The molecule has 0 bridgehead atoms. The molecule has 0 aliphatic carbocycles. The molecule has 36 valence electrons. The molecule has 0 heterocycles. The lowest BCUT2D eigenvalue weighted by atomic mass is 10.8. The van der Waals surface area contributed by atoms with Crippen LogP contribution in [0.5, 0.6) is 0 Å². The van der Waals surface area contributed by atoms with E-state index < -0.39 is 5.97 Å². The second-order valence-corrected chi connectivity index (χ2v) is 0.742. The minimum atomic E-state index is -0.433. The molecule has 0 saturated heterocycles. The lowest BCUT2D eigenvalue weighted by molar-refractivity contribution is -0.252. The lowest BCUT2D eigenvalue weighted by Gasteiger charge is -1.87. The normalized spacial score (nSPS) is 7.67. The van der Waals surface area contributed by atoms with Gasteiger partial charge in [0.05, 0.1) is 7.11 Å². The molecule has 3 nitrogen and oxygen atoms in total. The van der Waals surface area contributed by atoms with Crippen molar-refractivity contribution in [3.8, 4) is 0 Å². The third-order valence-corrected chi connectivity index (χ3v) is 0.201. The van der Waals surface area contributed by atoms with Crippen LogP contribution in [-0.2, 0) is 14.6 Å². The summed E-state index contributed by atoms with van der Waals surface area (Å²) in [5, 5.41) is 0. The van der Waals surface area contributed by atoms with E-state index in [0.29, 0.717) is 0 Å². The molecule has 0 aliphatic rings. The Morgan fingerprint density at radius 2 is 2.17 bits per heavy atom. The van der Waals surface area contributed by atoms with Crippen LogP contribution in [0.4, 0.5) is 0 Å². The Hall–Kier alpha value is -0.570. The van der Waals surface area contributed by atoms with Gasteiger partial charge in [0.2, 0.25) is 0 Å². The number of rotatable bonds is 1. The molecule has 0 N–H and O–H groups in total. The smallest absolute Gasteiger partial charge is 0.299 e. The molecule has 0 rings (SSSR count). The van der Waals surface area contributed by atoms with E-state index in [4.69, 9.17) is 0 Å². The molecule has 0 radical (unpaired) electrons. The molecule has 0 aromatic carbocycles. The topological polar surface area (TPSA) is 35.5 Å². The van der Waals surface area contributed by atoms with Crippen molar-refractivity contribution in [1.82, 2.24) is 0 Å². The summed E-state index contributed by atoms with van der Waals surface area (Å²) in [4.78, 5) is 17.6. The van der Waals surface area contributed by atoms with Crippen molar-refractivity contribution in [1.29, 1.82) is 0 Å². The summed E-state index contributed by atoms with van der Waals surface area (Å²) in [7, 11) is 1.28. The number of hydrogen-bond donors (Lipinski definition) is 0. The van der Waals surface area contributed by atoms with E-state index in [1.54, 1.807) is 0 Å². The molecule has 0 fully saturated rings. The van der Waals surface area contributed by atoms with E-state index >= 15 is 0 Å². The summed E-state index contributed by atoms with van der Waals surface area (Å²) in [6, 6.07) is 0. The number of hydrogen-bond acceptors (Lipinski definition) is 3. The average Bonchev–Trinajstić information content (AvgIpc) is 1.35. The fraction of sp³-hybridized carbons (Fsp3) is 0.667. The van der Waals surface area contributed by atoms with E-state index in [2.05, 4.69) is 9.78 Å². The van der Waals surface area contributed by atoms with Gasteiger partial charge in [-0.25, -0.2) is 4.79 Å². The first-order chi connectivity index (χ1) is 2.77. The molecule has 0 atom stereocenters. The van der Waals surface area contributed by atoms with Crippen molar-refractivity contribution < 1.29 is 14.6 Å². The largest absolute Gasteiger partial charge is 0.339 e. The highest BCUT2D eigenvalue weighted by Crippen LogP contribution is 1.69. The molecule has 0 amide bonds. The summed E-state index contributed by atoms with van der Waals surface area (Å²) in [6.45, 7) is 1.27. The predicted octanol–water partition coefficient (Wildman–Crippen LogP) is 0.111. The summed E-state index contributed by atoms with van der Waals surface area (Å²) >= 11 is 0. The minimum absolute atomic E-state index is 0.433. The molecular weight excluding hydrogens is 84.0 g/mol. The second-order valence-electron chi connectivity index (χ2n) is 0.742. The Morgan fingerprint density at radius 1 is 1.67 bits per heavy atom. The van der Waals surface area contributed by atoms with Gasteiger partial charge < -0.3 is 0 Å². The highest BCUT2D eigenvalue weighted by molar-refractivity contribution is 5.65. The van der Waals surface area contributed by atoms with Gasteiger partial charge in [-0.2, -0.15) is 4.89 Å². The molecular formula is C3H6O3. The van der Waals surface area contributed by atoms with Crippen molar-refractivity contribution in [2.75, 3.05) is 7.11 Å². The lowest BCUT2D eigenvalue weighted by Crippen LogP contribution is -1.94. The van der Waals surface area contributed by atoms with Gasteiger partial charge in [-0.15, -0.1) is 0 Å². The van der Waals surface area contributed by atoms with Crippen LogP contribution in [0, 0.1) is 0 Å². The Morgan fingerprint density at radius 3 is 2.17 bits per heavy atom. The van der Waals surface area contributed by atoms with Crippen molar-refractivity contribution in [3.63, 3.8) is 0 Å². The molecule has 3 heteroatoms. The maximum Gasteiger partial charge on any atom is 0.339 e. The van der Waals surface area contributed by atoms with Gasteiger partial charge in [-0.1, -0.05) is 0 Å². The maximum atomic E-state index is 9.70. The van der Waals surface area contributed by atoms with Crippen LogP contribution in [0.2, 0.25) is 0 Å². The first-order valence-electron chi connectivity index (χ1n) is 1.48. The third kappa shape index (κ3) is 3.43. The quantitative estimate of drug-likeness (QED) is 0.338. The van der Waals surface area contributed by atoms with Crippen LogP contribution in [0.25, 0.3) is 0 Å². The first kappa shape index (κ1) is 5.43. The molecule has 0 aromatic heterocycles. The summed E-state index contributed by atoms with van der Waals surface area (Å²) < 4.78 is 0. The standard InChI is InChI=1S/C3H6O3/c1-3(4)6-5-2/h1-2H3. The van der Waals surface area contributed by atoms with Crippen molar-refractivity contribution in [2.24, 2.45) is 0 Å². The van der Waals surface area contributed by atoms with Crippen LogP contribution in [-0.4, -0.2) is 13.1 Å². The van der Waals surface area contributed by atoms with Crippen LogP contribution < -0.4 is 0 Å². The Kier molecular flexibility index (Phi) is 2.40. The van der Waals surface area contributed by atoms with Crippen LogP contribution in [0.1, 0.15) is 6.92 Å². The summed E-state index contributed by atoms with van der Waals surface area (Å²) in [5.74, 6) is -0.433. The van der Waals surface area contributed by atoms with E-state index in [1.807, 2.05) is 0 Å². The zero-order chi connectivity index (χ0) is 4.99. The Bertz CT molecular complexity index is 50.0. The highest BCUT2D eigenvalue weighted by Gasteiger charge is 1.83. The average molecular weight is 90.1 g/mol. The monoisotopic (exact) mass is 90.0 g/mol. The van der Waals surface area contributed by atoms with E-state index in [0.717, 1.165) is 0 Å². The summed E-state index contributed by atoms with van der Waals surface area (Å²) in [5.41, 5.74) is 0. The Labute approximate surface area is 35.8 Å². The fourth-order valence-electron chi connectivity index (χ4n) is 0.117. The van der Waals surface area contributed by atoms with Gasteiger partial charge >= 0.3 is 5.97 Å². The maximum absolute atomic E-state index is 9.70. The van der Waals surface area contributed by atoms with Crippen LogP contribution >= 0.6 is 0 Å². The molecule has 0 saturated carbocycles. The van der Waals surface area contributed by atoms with Crippen LogP contribution in [0.3, 0.4) is 0 Å². The van der Waals surface area contributed by atoms with Crippen LogP contribution in [0.15, 0.2) is 0 Å². The second kappa shape index (κ2) is 2.66. The van der Waals surface area contributed by atoms with Gasteiger partial charge in [0.25, 0.3) is 0 Å². The van der Waals surface area contributed by atoms with Gasteiger partial charge in [0, 0.05) is 6.92 Å².